The molecule has 2 N–H and O–H groups in total. The molecule has 1 atom stereocenters. The van der Waals surface area contributed by atoms with Crippen molar-refractivity contribution in [2.45, 2.75) is 46.0 Å². The van der Waals surface area contributed by atoms with Crippen molar-refractivity contribution < 1.29 is 37.4 Å². The van der Waals surface area contributed by atoms with E-state index in [9.17, 15) is 28.3 Å². The summed E-state index contributed by atoms with van der Waals surface area (Å²) >= 11 is 0. The molecule has 3 rings (SSSR count). The third-order valence-electron chi connectivity index (χ3n) is 5.47. The second-order valence-electron chi connectivity index (χ2n) is 9.62. The molecule has 37 heavy (non-hydrogen) atoms. The summed E-state index contributed by atoms with van der Waals surface area (Å²) in [4.78, 5) is 18.0. The summed E-state index contributed by atoms with van der Waals surface area (Å²) < 4.78 is 48.1. The number of para-hydroxylation sites is 2. The lowest BCUT2D eigenvalue weighted by Crippen LogP contribution is -2.43. The molecule has 2 aromatic carbocycles. The Labute approximate surface area is 213 Å². The van der Waals surface area contributed by atoms with E-state index in [1.54, 1.807) is 32.9 Å². The van der Waals surface area contributed by atoms with Gasteiger partial charge in [-0.2, -0.15) is 18.4 Å². The van der Waals surface area contributed by atoms with E-state index < -0.39 is 30.4 Å². The van der Waals surface area contributed by atoms with Gasteiger partial charge in [0.15, 0.2) is 18.1 Å². The van der Waals surface area contributed by atoms with Crippen LogP contribution in [0.2, 0.25) is 0 Å². The Morgan fingerprint density at radius 2 is 1.86 bits per heavy atom. The second kappa shape index (κ2) is 11.7. The number of alkyl halides is 3. The molecule has 0 amide bonds. The molecule has 0 saturated heterocycles. The molecule has 8 nitrogen and oxygen atoms in total. The fraction of sp³-hybridized carbons (Fsp3) is 0.462. The van der Waals surface area contributed by atoms with E-state index in [-0.39, 0.29) is 31.1 Å². The van der Waals surface area contributed by atoms with E-state index in [2.05, 4.69) is 11.4 Å². The molecule has 0 spiro atoms. The molecule has 200 valence electrons. The first kappa shape index (κ1) is 28.1. The minimum absolute atomic E-state index is 0.0602. The van der Waals surface area contributed by atoms with Crippen LogP contribution in [0.1, 0.15) is 37.5 Å². The predicted octanol–water partition coefficient (Wildman–Crippen LogP) is 4.21. The van der Waals surface area contributed by atoms with Gasteiger partial charge in [-0.15, -0.1) is 5.06 Å². The van der Waals surface area contributed by atoms with Crippen LogP contribution in [0.3, 0.4) is 0 Å². The number of carbonyl (C=O) groups is 1. The molecule has 0 aliphatic carbocycles. The van der Waals surface area contributed by atoms with Gasteiger partial charge in [-0.3, -0.25) is 0 Å². The van der Waals surface area contributed by atoms with Gasteiger partial charge in [-0.05, 0) is 56.5 Å². The number of nitrogens with one attached hydrogen (secondary N) is 1. The van der Waals surface area contributed by atoms with Crippen LogP contribution < -0.4 is 14.8 Å². The lowest BCUT2D eigenvalue weighted by Gasteiger charge is -2.29. The van der Waals surface area contributed by atoms with Crippen LogP contribution in [0.4, 0.5) is 18.9 Å². The first-order valence-corrected chi connectivity index (χ1v) is 11.8. The van der Waals surface area contributed by atoms with Gasteiger partial charge in [0.05, 0.1) is 23.2 Å². The van der Waals surface area contributed by atoms with E-state index in [0.717, 1.165) is 29.3 Å². The quantitative estimate of drug-likeness (QED) is 0.354. The predicted molar refractivity (Wildman–Crippen MR) is 129 cm³/mol. The standard InChI is InChI=1S/C26H30F3N3O5/c1-25(2,3)24(34)37-32(10-11-35-20-6-4-5-7-21(20)36-16-26(27,28)29)22(33)14-17-12-18-8-9-31-23(18)19(13-17)15-30/h4-7,12-13,22,31,33H,8-11,14,16H2,1-3H3. The highest BCUT2D eigenvalue weighted by atomic mass is 19.4. The summed E-state index contributed by atoms with van der Waals surface area (Å²) in [6.07, 6.45) is -4.97. The van der Waals surface area contributed by atoms with E-state index >= 15 is 0 Å². The van der Waals surface area contributed by atoms with Crippen molar-refractivity contribution in [3.63, 3.8) is 0 Å². The number of anilines is 1. The smallest absolute Gasteiger partial charge is 0.422 e. The van der Waals surface area contributed by atoms with Gasteiger partial charge >= 0.3 is 12.1 Å². The maximum atomic E-state index is 12.6. The second-order valence-corrected chi connectivity index (χ2v) is 9.62. The Kier molecular flexibility index (Phi) is 8.89. The Balaban J connectivity index is 1.71. The number of hydroxylamine groups is 2. The third-order valence-corrected chi connectivity index (χ3v) is 5.47. The number of nitriles is 1. The summed E-state index contributed by atoms with van der Waals surface area (Å²) in [7, 11) is 0. The number of hydrogen-bond acceptors (Lipinski definition) is 8. The van der Waals surface area contributed by atoms with Crippen molar-refractivity contribution in [3.8, 4) is 17.6 Å². The monoisotopic (exact) mass is 521 g/mol. The van der Waals surface area contributed by atoms with Gasteiger partial charge < -0.3 is 24.7 Å². The average molecular weight is 522 g/mol. The van der Waals surface area contributed by atoms with E-state index in [0.29, 0.717) is 11.1 Å². The topological polar surface area (TPSA) is 104 Å². The molecular weight excluding hydrogens is 491 g/mol. The van der Waals surface area contributed by atoms with Crippen molar-refractivity contribution in [1.29, 1.82) is 5.26 Å². The highest BCUT2D eigenvalue weighted by molar-refractivity contribution is 5.75. The zero-order valence-corrected chi connectivity index (χ0v) is 20.9. The molecule has 2 aromatic rings. The highest BCUT2D eigenvalue weighted by Gasteiger charge is 2.30. The molecule has 1 heterocycles. The van der Waals surface area contributed by atoms with Gasteiger partial charge in [0.2, 0.25) is 0 Å². The van der Waals surface area contributed by atoms with Crippen molar-refractivity contribution >= 4 is 11.7 Å². The molecule has 0 saturated carbocycles. The number of aliphatic hydroxyl groups is 1. The van der Waals surface area contributed by atoms with E-state index in [1.807, 2.05) is 6.07 Å². The van der Waals surface area contributed by atoms with Crippen molar-refractivity contribution in [3.05, 3.63) is 53.1 Å². The number of benzene rings is 2. The zero-order chi connectivity index (χ0) is 27.2. The van der Waals surface area contributed by atoms with Crippen LogP contribution in [0, 0.1) is 16.7 Å². The molecule has 0 fully saturated rings. The van der Waals surface area contributed by atoms with E-state index in [1.165, 1.54) is 18.2 Å². The molecule has 0 aromatic heterocycles. The molecule has 0 bridgehead atoms. The average Bonchev–Trinajstić information content (AvgIpc) is 3.29. The molecular formula is C26H30F3N3O5. The molecule has 1 aliphatic rings. The minimum atomic E-state index is -4.51. The SMILES string of the molecule is CC(C)(C)C(=O)ON(CCOc1ccccc1OCC(F)(F)F)C(O)Cc1cc(C#N)c2c(c1)CCN2. The van der Waals surface area contributed by atoms with Gasteiger partial charge in [-0.1, -0.05) is 18.2 Å². The largest absolute Gasteiger partial charge is 0.488 e. The molecule has 11 heteroatoms. The normalized spacial score (nSPS) is 13.9. The van der Waals surface area contributed by atoms with Crippen LogP contribution in [-0.4, -0.2) is 54.8 Å². The number of hydrogen-bond donors (Lipinski definition) is 2. The summed E-state index contributed by atoms with van der Waals surface area (Å²) in [6, 6.07) is 11.6. The van der Waals surface area contributed by atoms with Crippen LogP contribution in [0.5, 0.6) is 11.5 Å². The Bertz CT molecular complexity index is 1140. The lowest BCUT2D eigenvalue weighted by molar-refractivity contribution is -0.241. The molecule has 1 aliphatic heterocycles. The lowest BCUT2D eigenvalue weighted by atomic mass is 9.98. The van der Waals surface area contributed by atoms with Gasteiger partial charge in [0.25, 0.3) is 0 Å². The number of carbonyl (C=O) groups excluding carboxylic acids is 1. The summed E-state index contributed by atoms with van der Waals surface area (Å²) in [5.74, 6) is -0.598. The zero-order valence-electron chi connectivity index (χ0n) is 20.9. The Hall–Kier alpha value is -3.49. The molecule has 0 radical (unpaired) electrons. The number of fused-ring (bicyclic) bond motifs is 1. The Morgan fingerprint density at radius 1 is 1.19 bits per heavy atom. The van der Waals surface area contributed by atoms with Gasteiger partial charge in [-0.25, -0.2) is 4.79 Å². The highest BCUT2D eigenvalue weighted by Crippen LogP contribution is 2.30. The van der Waals surface area contributed by atoms with Crippen molar-refractivity contribution in [2.75, 3.05) is 31.6 Å². The number of halogens is 3. The number of nitrogens with zero attached hydrogens (tertiary/aromatic N) is 2. The number of ether oxygens (including phenoxy) is 2. The summed E-state index contributed by atoms with van der Waals surface area (Å²) in [5, 5.41) is 24.7. The van der Waals surface area contributed by atoms with Crippen LogP contribution in [0.15, 0.2) is 36.4 Å². The first-order valence-electron chi connectivity index (χ1n) is 11.8. The number of rotatable bonds is 10. The fourth-order valence-corrected chi connectivity index (χ4v) is 3.61. The maximum Gasteiger partial charge on any atom is 0.422 e. The first-order chi connectivity index (χ1) is 17.4. The fourth-order valence-electron chi connectivity index (χ4n) is 3.61. The summed E-state index contributed by atoms with van der Waals surface area (Å²) in [6.45, 7) is 4.03. The third kappa shape index (κ3) is 8.00. The number of aliphatic hydroxyl groups excluding tert-OH is 1. The van der Waals surface area contributed by atoms with Crippen LogP contribution in [0.25, 0.3) is 0 Å². The maximum absolute atomic E-state index is 12.6. The van der Waals surface area contributed by atoms with Crippen LogP contribution >= 0.6 is 0 Å². The van der Waals surface area contributed by atoms with Crippen molar-refractivity contribution in [1.82, 2.24) is 5.06 Å². The van der Waals surface area contributed by atoms with Gasteiger partial charge in [0, 0.05) is 13.0 Å². The Morgan fingerprint density at radius 3 is 2.49 bits per heavy atom. The summed E-state index contributed by atoms with van der Waals surface area (Å²) in [5.41, 5.74) is 2.06. The van der Waals surface area contributed by atoms with Crippen molar-refractivity contribution in [2.24, 2.45) is 5.41 Å². The minimum Gasteiger partial charge on any atom is -0.488 e. The van der Waals surface area contributed by atoms with Crippen LogP contribution in [-0.2, 0) is 22.5 Å². The van der Waals surface area contributed by atoms with Gasteiger partial charge in [0.1, 0.15) is 18.9 Å². The molecule has 1 unspecified atom stereocenters. The van der Waals surface area contributed by atoms with E-state index in [4.69, 9.17) is 14.3 Å².